The first kappa shape index (κ1) is 21.3. The van der Waals surface area contributed by atoms with Gasteiger partial charge in [-0.05, 0) is 41.8 Å². The molecule has 3 aliphatic rings. The third kappa shape index (κ3) is 4.00. The molecular formula is C24H26N4O5. The predicted octanol–water partition coefficient (Wildman–Crippen LogP) is 1.94. The summed E-state index contributed by atoms with van der Waals surface area (Å²) < 4.78 is 10.5. The third-order valence-electron chi connectivity index (χ3n) is 6.47. The molecule has 2 unspecified atom stereocenters. The second-order valence-corrected chi connectivity index (χ2v) is 8.37. The summed E-state index contributed by atoms with van der Waals surface area (Å²) >= 11 is 0. The van der Waals surface area contributed by atoms with Gasteiger partial charge in [-0.2, -0.15) is 0 Å². The van der Waals surface area contributed by atoms with Crippen LogP contribution in [0.25, 0.3) is 11.1 Å². The fraction of sp³-hybridized carbons (Fsp3) is 0.375. The van der Waals surface area contributed by atoms with Crippen LogP contribution in [-0.4, -0.2) is 79.7 Å². The number of anilines is 1. The molecule has 0 radical (unpaired) electrons. The van der Waals surface area contributed by atoms with E-state index in [1.54, 1.807) is 23.0 Å². The fourth-order valence-corrected chi connectivity index (χ4v) is 4.67. The maximum absolute atomic E-state index is 13.5. The molecule has 2 aromatic carbocycles. The lowest BCUT2D eigenvalue weighted by Gasteiger charge is -2.30. The number of nitrogens with one attached hydrogen (secondary N) is 2. The predicted molar refractivity (Wildman–Crippen MR) is 121 cm³/mol. The smallest absolute Gasteiger partial charge is 0.317 e. The lowest BCUT2D eigenvalue weighted by Crippen LogP contribution is -2.55. The van der Waals surface area contributed by atoms with Gasteiger partial charge < -0.3 is 29.9 Å². The molecule has 0 saturated carbocycles. The van der Waals surface area contributed by atoms with Gasteiger partial charge >= 0.3 is 6.03 Å². The third-order valence-corrected chi connectivity index (χ3v) is 6.47. The minimum atomic E-state index is -0.751. The van der Waals surface area contributed by atoms with Crippen LogP contribution >= 0.6 is 0 Å². The molecular weight excluding hydrogens is 424 g/mol. The van der Waals surface area contributed by atoms with Gasteiger partial charge in [0.05, 0.1) is 37.6 Å². The molecule has 0 spiro atoms. The number of carbonyl (C=O) groups is 3. The van der Waals surface area contributed by atoms with Crippen molar-refractivity contribution in [2.75, 3.05) is 45.3 Å². The van der Waals surface area contributed by atoms with Crippen molar-refractivity contribution in [2.45, 2.75) is 18.5 Å². The van der Waals surface area contributed by atoms with Crippen molar-refractivity contribution >= 4 is 23.5 Å². The zero-order valence-corrected chi connectivity index (χ0v) is 18.4. The highest BCUT2D eigenvalue weighted by atomic mass is 16.5. The number of methoxy groups -OCH3 is 1. The molecule has 2 saturated heterocycles. The van der Waals surface area contributed by atoms with Crippen LogP contribution < -0.4 is 15.4 Å². The van der Waals surface area contributed by atoms with E-state index in [2.05, 4.69) is 10.6 Å². The van der Waals surface area contributed by atoms with E-state index < -0.39 is 12.1 Å². The molecule has 172 valence electrons. The van der Waals surface area contributed by atoms with Crippen LogP contribution in [0.4, 0.5) is 10.5 Å². The second-order valence-electron chi connectivity index (χ2n) is 8.37. The van der Waals surface area contributed by atoms with Crippen LogP contribution in [0.15, 0.2) is 42.5 Å². The molecule has 3 heterocycles. The number of nitrogens with zero attached hydrogens (tertiary/aromatic N) is 2. The monoisotopic (exact) mass is 450 g/mol. The Hall–Kier alpha value is -3.59. The zero-order chi connectivity index (χ0) is 22.9. The summed E-state index contributed by atoms with van der Waals surface area (Å²) in [4.78, 5) is 42.5. The van der Waals surface area contributed by atoms with E-state index in [1.165, 1.54) is 0 Å². The van der Waals surface area contributed by atoms with Gasteiger partial charge in [0.2, 0.25) is 5.91 Å². The molecule has 2 aromatic rings. The quantitative estimate of drug-likeness (QED) is 0.745. The Labute approximate surface area is 191 Å². The molecule has 0 bridgehead atoms. The summed E-state index contributed by atoms with van der Waals surface area (Å²) in [6.45, 7) is 2.42. The van der Waals surface area contributed by atoms with Gasteiger partial charge in [-0.3, -0.25) is 9.59 Å². The van der Waals surface area contributed by atoms with Crippen LogP contribution in [0, 0.1) is 0 Å². The topological polar surface area (TPSA) is 100 Å². The molecule has 0 aliphatic carbocycles. The second kappa shape index (κ2) is 8.74. The Kier molecular flexibility index (Phi) is 5.63. The van der Waals surface area contributed by atoms with Gasteiger partial charge in [0.15, 0.2) is 0 Å². The van der Waals surface area contributed by atoms with Crippen molar-refractivity contribution in [3.05, 3.63) is 48.0 Å². The zero-order valence-electron chi connectivity index (χ0n) is 18.4. The van der Waals surface area contributed by atoms with Crippen molar-refractivity contribution in [1.82, 2.24) is 15.1 Å². The van der Waals surface area contributed by atoms with Gasteiger partial charge in [0.1, 0.15) is 11.8 Å². The number of morpholine rings is 1. The summed E-state index contributed by atoms with van der Waals surface area (Å²) in [5.74, 6) is 0.248. The average Bonchev–Trinajstić information content (AvgIpc) is 3.23. The van der Waals surface area contributed by atoms with Crippen LogP contribution in [-0.2, 0) is 9.53 Å². The summed E-state index contributed by atoms with van der Waals surface area (Å²) in [7, 11) is 1.61. The van der Waals surface area contributed by atoms with E-state index in [-0.39, 0.29) is 17.8 Å². The van der Waals surface area contributed by atoms with Crippen molar-refractivity contribution in [2.24, 2.45) is 0 Å². The van der Waals surface area contributed by atoms with E-state index in [0.29, 0.717) is 50.5 Å². The maximum Gasteiger partial charge on any atom is 0.317 e. The molecule has 2 atom stereocenters. The van der Waals surface area contributed by atoms with Gasteiger partial charge in [0, 0.05) is 19.6 Å². The first-order valence-electron chi connectivity index (χ1n) is 11.1. The first-order chi connectivity index (χ1) is 16.0. The molecule has 2 N–H and O–H groups in total. The van der Waals surface area contributed by atoms with E-state index in [9.17, 15) is 14.4 Å². The Morgan fingerprint density at radius 2 is 1.79 bits per heavy atom. The Balaban J connectivity index is 1.38. The van der Waals surface area contributed by atoms with Gasteiger partial charge in [0.25, 0.3) is 5.91 Å². The molecule has 2 fully saturated rings. The average molecular weight is 450 g/mol. The minimum Gasteiger partial charge on any atom is -0.497 e. The molecule has 4 amide bonds. The van der Waals surface area contributed by atoms with Crippen LogP contribution in [0.3, 0.4) is 0 Å². The van der Waals surface area contributed by atoms with E-state index in [4.69, 9.17) is 9.47 Å². The normalized spacial score (nSPS) is 22.2. The fourth-order valence-electron chi connectivity index (χ4n) is 4.67. The van der Waals surface area contributed by atoms with E-state index in [0.717, 1.165) is 16.9 Å². The Bertz CT molecular complexity index is 1080. The number of fused-ring (bicyclic) bond motifs is 2. The number of urea groups is 1. The number of hydrogen-bond acceptors (Lipinski definition) is 5. The highest BCUT2D eigenvalue weighted by Crippen LogP contribution is 2.32. The minimum absolute atomic E-state index is 0.216. The summed E-state index contributed by atoms with van der Waals surface area (Å²) in [5.41, 5.74) is 2.73. The highest BCUT2D eigenvalue weighted by molar-refractivity contribution is 6.11. The van der Waals surface area contributed by atoms with Crippen molar-refractivity contribution < 1.29 is 23.9 Å². The number of carbonyl (C=O) groups excluding carboxylic acids is 3. The molecule has 5 rings (SSSR count). The summed E-state index contributed by atoms with van der Waals surface area (Å²) in [5, 5.41) is 5.86. The molecule has 33 heavy (non-hydrogen) atoms. The van der Waals surface area contributed by atoms with Gasteiger partial charge in [-0.15, -0.1) is 0 Å². The summed E-state index contributed by atoms with van der Waals surface area (Å²) in [6, 6.07) is 11.6. The Morgan fingerprint density at radius 3 is 2.52 bits per heavy atom. The number of benzene rings is 2. The van der Waals surface area contributed by atoms with Crippen LogP contribution in [0.5, 0.6) is 5.75 Å². The molecule has 0 aromatic heterocycles. The number of ether oxygens (including phenoxy) is 2. The lowest BCUT2D eigenvalue weighted by molar-refractivity contribution is -0.120. The number of amides is 4. The lowest BCUT2D eigenvalue weighted by atomic mass is 10.0. The largest absolute Gasteiger partial charge is 0.497 e. The number of hydrogen-bond donors (Lipinski definition) is 2. The molecule has 9 heteroatoms. The van der Waals surface area contributed by atoms with Crippen LogP contribution in [0.2, 0.25) is 0 Å². The number of rotatable bonds is 3. The van der Waals surface area contributed by atoms with E-state index in [1.807, 2.05) is 36.4 Å². The van der Waals surface area contributed by atoms with Crippen molar-refractivity contribution in [3.8, 4) is 16.9 Å². The van der Waals surface area contributed by atoms with Gasteiger partial charge in [-0.25, -0.2) is 4.79 Å². The molecule has 9 nitrogen and oxygen atoms in total. The highest BCUT2D eigenvalue weighted by Gasteiger charge is 2.45. The molecule has 3 aliphatic heterocycles. The van der Waals surface area contributed by atoms with Crippen molar-refractivity contribution in [1.29, 1.82) is 0 Å². The Morgan fingerprint density at radius 1 is 1.06 bits per heavy atom. The standard InChI is InChI=1S/C24H26N4O5/c1-32-17-5-2-15(3-6-17)16-4-7-19-18(14-16)23(30)28-9-8-20(21(28)22(29)25-19)26-24(31)27-10-12-33-13-11-27/h2-7,14,20-21H,8-13H2,1H3,(H,25,29)(H,26,31). The SMILES string of the molecule is COc1ccc(-c2ccc3c(c2)C(=O)N2CCC(NC(=O)N4CCOCC4)C2C(=O)N3)cc1. The summed E-state index contributed by atoms with van der Waals surface area (Å²) in [6.07, 6.45) is 0.521. The van der Waals surface area contributed by atoms with Gasteiger partial charge in [-0.1, -0.05) is 18.2 Å². The first-order valence-corrected chi connectivity index (χ1v) is 11.1. The van der Waals surface area contributed by atoms with Crippen LogP contribution in [0.1, 0.15) is 16.8 Å². The van der Waals surface area contributed by atoms with E-state index >= 15 is 0 Å². The maximum atomic E-state index is 13.5. The van der Waals surface area contributed by atoms with Crippen molar-refractivity contribution in [3.63, 3.8) is 0 Å².